The Kier molecular flexibility index (Phi) is 3.87. The highest BCUT2D eigenvalue weighted by Gasteiger charge is 2.46. The first-order chi connectivity index (χ1) is 9.88. The third-order valence-electron chi connectivity index (χ3n) is 6.37. The van der Waals surface area contributed by atoms with E-state index in [-0.39, 0.29) is 0 Å². The molecule has 4 saturated carbocycles. The van der Waals surface area contributed by atoms with Crippen LogP contribution in [0.25, 0.3) is 0 Å². The van der Waals surface area contributed by atoms with Gasteiger partial charge in [0.1, 0.15) is 0 Å². The van der Waals surface area contributed by atoms with Gasteiger partial charge >= 0.3 is 0 Å². The molecule has 0 unspecified atom stereocenters. The van der Waals surface area contributed by atoms with E-state index in [0.717, 1.165) is 49.3 Å². The lowest BCUT2D eigenvalue weighted by atomic mass is 9.52. The monoisotopic (exact) mass is 275 g/mol. The molecular formula is C18H29NO. The highest BCUT2D eigenvalue weighted by atomic mass is 16.5. The van der Waals surface area contributed by atoms with E-state index in [0.29, 0.717) is 6.10 Å². The number of hydrogen-bond donors (Lipinski definition) is 1. The second-order valence-corrected chi connectivity index (χ2v) is 7.72. The fourth-order valence-electron chi connectivity index (χ4n) is 5.65. The lowest BCUT2D eigenvalue weighted by molar-refractivity contribution is -0.0166. The van der Waals surface area contributed by atoms with Gasteiger partial charge in [-0.2, -0.15) is 0 Å². The minimum Gasteiger partial charge on any atom is -0.374 e. The van der Waals surface area contributed by atoms with Crippen LogP contribution in [0.4, 0.5) is 0 Å². The zero-order valence-electron chi connectivity index (χ0n) is 12.6. The average molecular weight is 275 g/mol. The van der Waals surface area contributed by atoms with Crippen molar-refractivity contribution in [3.05, 3.63) is 12.2 Å². The Morgan fingerprint density at radius 2 is 1.55 bits per heavy atom. The lowest BCUT2D eigenvalue weighted by Gasteiger charge is -2.53. The minimum absolute atomic E-state index is 0.499. The van der Waals surface area contributed by atoms with Crippen molar-refractivity contribution in [2.75, 3.05) is 19.7 Å². The Balaban J connectivity index is 1.27. The summed E-state index contributed by atoms with van der Waals surface area (Å²) in [7, 11) is 0. The maximum absolute atomic E-state index is 6.00. The molecule has 0 radical (unpaired) electrons. The van der Waals surface area contributed by atoms with Crippen molar-refractivity contribution < 1.29 is 4.74 Å². The van der Waals surface area contributed by atoms with E-state index in [1.165, 1.54) is 38.5 Å². The molecular weight excluding hydrogens is 246 g/mol. The molecule has 20 heavy (non-hydrogen) atoms. The number of allylic oxidation sites excluding steroid dienone is 1. The van der Waals surface area contributed by atoms with Crippen molar-refractivity contribution >= 4 is 0 Å². The molecule has 0 aromatic heterocycles. The summed E-state index contributed by atoms with van der Waals surface area (Å²) in [5.74, 6) is 5.10. The molecule has 4 aliphatic carbocycles. The van der Waals surface area contributed by atoms with Gasteiger partial charge in [-0.15, -0.1) is 0 Å². The molecule has 1 N–H and O–H groups in total. The van der Waals surface area contributed by atoms with Crippen LogP contribution in [-0.4, -0.2) is 25.8 Å². The molecule has 5 rings (SSSR count). The van der Waals surface area contributed by atoms with Crippen LogP contribution in [0.15, 0.2) is 12.2 Å². The van der Waals surface area contributed by atoms with E-state index in [1.54, 1.807) is 6.42 Å². The van der Waals surface area contributed by atoms with Crippen molar-refractivity contribution in [3.63, 3.8) is 0 Å². The number of nitrogens with one attached hydrogen (secondary N) is 1. The summed E-state index contributed by atoms with van der Waals surface area (Å²) in [5.41, 5.74) is 0. The molecule has 2 nitrogen and oxygen atoms in total. The molecule has 1 aliphatic heterocycles. The van der Waals surface area contributed by atoms with E-state index < -0.39 is 0 Å². The average Bonchev–Trinajstić information content (AvgIpc) is 2.46. The van der Waals surface area contributed by atoms with E-state index in [4.69, 9.17) is 4.74 Å². The van der Waals surface area contributed by atoms with Gasteiger partial charge in [-0.25, -0.2) is 0 Å². The van der Waals surface area contributed by atoms with Crippen LogP contribution in [0.1, 0.15) is 44.9 Å². The first-order valence-corrected chi connectivity index (χ1v) is 8.87. The Labute approximate surface area is 123 Å². The maximum atomic E-state index is 6.00. The summed E-state index contributed by atoms with van der Waals surface area (Å²) in [6, 6.07) is 0. The van der Waals surface area contributed by atoms with Gasteiger partial charge in [-0.05, 0) is 87.6 Å². The summed E-state index contributed by atoms with van der Waals surface area (Å²) in [4.78, 5) is 0. The van der Waals surface area contributed by atoms with E-state index in [2.05, 4.69) is 17.5 Å². The summed E-state index contributed by atoms with van der Waals surface area (Å²) in [5, 5.41) is 3.39. The Hall–Kier alpha value is -0.340. The fraction of sp³-hybridized carbons (Fsp3) is 0.889. The van der Waals surface area contributed by atoms with Crippen LogP contribution >= 0.6 is 0 Å². The quantitative estimate of drug-likeness (QED) is 0.794. The normalized spacial score (nSPS) is 44.5. The molecule has 0 atom stereocenters. The van der Waals surface area contributed by atoms with Crippen molar-refractivity contribution in [1.82, 2.24) is 5.32 Å². The van der Waals surface area contributed by atoms with Gasteiger partial charge < -0.3 is 10.1 Å². The minimum atomic E-state index is 0.499. The standard InChI is InChI=1S/C18H29NO/c1(7-20-17-3-5-19-6-4-17)2-18-15-9-13-8-14(11-15)12-16(18)10-13/h1-2,13-19H,3-12H2/b2-1+. The highest BCUT2D eigenvalue weighted by molar-refractivity contribution is 5.05. The third-order valence-corrected chi connectivity index (χ3v) is 6.37. The van der Waals surface area contributed by atoms with Gasteiger partial charge in [0.05, 0.1) is 12.7 Å². The first-order valence-electron chi connectivity index (χ1n) is 8.87. The maximum Gasteiger partial charge on any atom is 0.0651 e. The third kappa shape index (κ3) is 2.69. The molecule has 5 fully saturated rings. The number of hydrogen-bond acceptors (Lipinski definition) is 2. The molecule has 0 aromatic rings. The summed E-state index contributed by atoms with van der Waals surface area (Å²) < 4.78 is 6.00. The molecule has 1 saturated heterocycles. The zero-order chi connectivity index (χ0) is 13.4. The van der Waals surface area contributed by atoms with Gasteiger partial charge in [0, 0.05) is 0 Å². The molecule has 0 amide bonds. The Bertz CT molecular complexity index is 330. The predicted molar refractivity (Wildman–Crippen MR) is 81.5 cm³/mol. The van der Waals surface area contributed by atoms with Gasteiger partial charge in [0.15, 0.2) is 0 Å². The Morgan fingerprint density at radius 1 is 0.900 bits per heavy atom. The number of ether oxygens (including phenoxy) is 1. The van der Waals surface area contributed by atoms with Crippen molar-refractivity contribution in [2.45, 2.75) is 51.0 Å². The number of piperidine rings is 1. The molecule has 112 valence electrons. The zero-order valence-corrected chi connectivity index (χ0v) is 12.6. The largest absolute Gasteiger partial charge is 0.374 e. The first kappa shape index (κ1) is 13.3. The smallest absolute Gasteiger partial charge is 0.0651 e. The van der Waals surface area contributed by atoms with E-state index in [9.17, 15) is 0 Å². The summed E-state index contributed by atoms with van der Waals surface area (Å²) in [6.07, 6.45) is 15.4. The number of rotatable bonds is 4. The van der Waals surface area contributed by atoms with E-state index in [1.807, 2.05) is 0 Å². The summed E-state index contributed by atoms with van der Waals surface area (Å²) in [6.45, 7) is 3.10. The van der Waals surface area contributed by atoms with Crippen LogP contribution in [-0.2, 0) is 4.74 Å². The molecule has 0 spiro atoms. The molecule has 4 bridgehead atoms. The van der Waals surface area contributed by atoms with Crippen molar-refractivity contribution in [3.8, 4) is 0 Å². The SMILES string of the molecule is C(=C\C1C2CC3CC(C2)CC1C3)/COC1CCNCC1. The second kappa shape index (κ2) is 5.81. The van der Waals surface area contributed by atoms with Crippen LogP contribution in [0.2, 0.25) is 0 Å². The molecule has 2 heteroatoms. The topological polar surface area (TPSA) is 21.3 Å². The van der Waals surface area contributed by atoms with Crippen molar-refractivity contribution in [1.29, 1.82) is 0 Å². The van der Waals surface area contributed by atoms with Crippen LogP contribution in [0.3, 0.4) is 0 Å². The Morgan fingerprint density at radius 3 is 2.20 bits per heavy atom. The van der Waals surface area contributed by atoms with Gasteiger partial charge in [-0.3, -0.25) is 0 Å². The molecule has 5 aliphatic rings. The van der Waals surface area contributed by atoms with Crippen LogP contribution in [0, 0.1) is 29.6 Å². The lowest BCUT2D eigenvalue weighted by Crippen LogP contribution is -2.44. The highest BCUT2D eigenvalue weighted by Crippen LogP contribution is 2.56. The molecule has 1 heterocycles. The van der Waals surface area contributed by atoms with Crippen LogP contribution < -0.4 is 5.32 Å². The fourth-order valence-corrected chi connectivity index (χ4v) is 5.65. The summed E-state index contributed by atoms with van der Waals surface area (Å²) >= 11 is 0. The van der Waals surface area contributed by atoms with Crippen LogP contribution in [0.5, 0.6) is 0 Å². The predicted octanol–water partition coefficient (Wildman–Crippen LogP) is 3.38. The second-order valence-electron chi connectivity index (χ2n) is 7.72. The van der Waals surface area contributed by atoms with Crippen molar-refractivity contribution in [2.24, 2.45) is 29.6 Å². The van der Waals surface area contributed by atoms with Gasteiger partial charge in [0.2, 0.25) is 0 Å². The van der Waals surface area contributed by atoms with Gasteiger partial charge in [0.25, 0.3) is 0 Å². The van der Waals surface area contributed by atoms with Gasteiger partial charge in [-0.1, -0.05) is 12.2 Å². The van der Waals surface area contributed by atoms with E-state index >= 15 is 0 Å². The molecule has 0 aromatic carbocycles.